The number of hydrogen-bond acceptors (Lipinski definition) is 7. The Morgan fingerprint density at radius 1 is 1.33 bits per heavy atom. The van der Waals surface area contributed by atoms with Gasteiger partial charge in [0, 0.05) is 14.2 Å². The van der Waals surface area contributed by atoms with Gasteiger partial charge in [-0.2, -0.15) is 0 Å². The fourth-order valence-corrected chi connectivity index (χ4v) is 4.91. The van der Waals surface area contributed by atoms with Gasteiger partial charge in [0.2, 0.25) is 5.69 Å². The lowest BCUT2D eigenvalue weighted by atomic mass is 10.4. The first-order valence-corrected chi connectivity index (χ1v) is 8.25. The maximum atomic E-state index is 5.24. The van der Waals surface area contributed by atoms with Crippen molar-refractivity contribution in [2.45, 2.75) is 12.2 Å². The van der Waals surface area contributed by atoms with E-state index in [1.807, 2.05) is 6.92 Å². The van der Waals surface area contributed by atoms with Crippen LogP contribution < -0.4 is 0 Å². The van der Waals surface area contributed by atoms with E-state index in [1.165, 1.54) is 24.0 Å². The van der Waals surface area contributed by atoms with E-state index in [2.05, 4.69) is 15.0 Å². The topological polar surface area (TPSA) is 57.1 Å². The lowest BCUT2D eigenvalue weighted by molar-refractivity contribution is 0.354. The van der Waals surface area contributed by atoms with Gasteiger partial charge in [0.25, 0.3) is 0 Å². The van der Waals surface area contributed by atoms with Crippen molar-refractivity contribution in [3.05, 3.63) is 18.5 Å². The molecule has 0 aliphatic rings. The van der Waals surface area contributed by atoms with Gasteiger partial charge in [-0.05, 0) is 18.7 Å². The van der Waals surface area contributed by atoms with Gasteiger partial charge < -0.3 is 9.05 Å². The molecular formula is C7H12N3O2PS2. The van der Waals surface area contributed by atoms with Crippen LogP contribution >= 0.6 is 17.1 Å². The summed E-state index contributed by atoms with van der Waals surface area (Å²) in [6, 6.07) is 0. The summed E-state index contributed by atoms with van der Waals surface area (Å²) in [5.74, 6) is 0.679. The molecule has 1 atom stereocenters. The van der Waals surface area contributed by atoms with Gasteiger partial charge in [0.1, 0.15) is 18.5 Å². The van der Waals surface area contributed by atoms with E-state index in [4.69, 9.17) is 20.9 Å². The van der Waals surface area contributed by atoms with E-state index in [9.17, 15) is 0 Å². The molecule has 0 bridgehead atoms. The molecule has 5 nitrogen and oxygen atoms in total. The van der Waals surface area contributed by atoms with Crippen molar-refractivity contribution in [1.29, 1.82) is 0 Å². The summed E-state index contributed by atoms with van der Waals surface area (Å²) in [5.41, 5.74) is -2.25. The van der Waals surface area contributed by atoms with Crippen LogP contribution in [0.4, 0.5) is 0 Å². The Balaban J connectivity index is 2.71. The summed E-state index contributed by atoms with van der Waals surface area (Å²) in [6.07, 6.45) is 2.92. The van der Waals surface area contributed by atoms with Crippen LogP contribution in [0.1, 0.15) is 18.0 Å². The summed E-state index contributed by atoms with van der Waals surface area (Å²) in [7, 11) is 3.11. The van der Waals surface area contributed by atoms with Crippen LogP contribution in [-0.4, -0.2) is 29.2 Å². The maximum absolute atomic E-state index is 5.24. The standard InChI is InChI=1S/C7H12N3O2PS2/c1-6(7-9-4-8-5-10-7)15-13(14,11-2)12-3/h4-6H,1-3H3. The normalized spacial score (nSPS) is 13.8. The highest BCUT2D eigenvalue weighted by atomic mass is 32.9. The summed E-state index contributed by atoms with van der Waals surface area (Å²) < 4.78 is 10.3. The molecule has 0 saturated heterocycles. The van der Waals surface area contributed by atoms with Crippen LogP contribution in [0.15, 0.2) is 12.7 Å². The second kappa shape index (κ2) is 5.86. The maximum Gasteiger partial charge on any atom is 0.247 e. The Bertz CT molecular complexity index is 343. The highest BCUT2D eigenvalue weighted by Gasteiger charge is 2.22. The summed E-state index contributed by atoms with van der Waals surface area (Å²) in [5, 5.41) is 0.0266. The van der Waals surface area contributed by atoms with Crippen molar-refractivity contribution in [3.8, 4) is 0 Å². The molecule has 0 fully saturated rings. The minimum absolute atomic E-state index is 0.0266. The second-order valence-electron chi connectivity index (χ2n) is 2.56. The van der Waals surface area contributed by atoms with E-state index in [1.54, 1.807) is 14.2 Å². The number of hydrogen-bond donors (Lipinski definition) is 0. The number of aromatic nitrogens is 3. The molecule has 15 heavy (non-hydrogen) atoms. The molecule has 0 aliphatic heterocycles. The highest BCUT2D eigenvalue weighted by Crippen LogP contribution is 2.64. The van der Waals surface area contributed by atoms with Crippen molar-refractivity contribution in [2.75, 3.05) is 14.2 Å². The van der Waals surface area contributed by atoms with Crippen molar-refractivity contribution >= 4 is 28.9 Å². The van der Waals surface area contributed by atoms with Gasteiger partial charge in [-0.25, -0.2) is 15.0 Å². The molecule has 0 aromatic carbocycles. The quantitative estimate of drug-likeness (QED) is 0.756. The monoisotopic (exact) mass is 265 g/mol. The molecule has 0 saturated carbocycles. The smallest absolute Gasteiger partial charge is 0.247 e. The third-order valence-electron chi connectivity index (χ3n) is 1.61. The van der Waals surface area contributed by atoms with Crippen molar-refractivity contribution in [1.82, 2.24) is 15.0 Å². The number of rotatable bonds is 5. The van der Waals surface area contributed by atoms with E-state index in [0.717, 1.165) is 0 Å². The van der Waals surface area contributed by atoms with Crippen LogP contribution in [0.25, 0.3) is 0 Å². The van der Waals surface area contributed by atoms with Crippen LogP contribution in [0.5, 0.6) is 0 Å². The fraction of sp³-hybridized carbons (Fsp3) is 0.571. The molecule has 0 amide bonds. The van der Waals surface area contributed by atoms with Crippen LogP contribution in [0.3, 0.4) is 0 Å². The first-order valence-electron chi connectivity index (χ1n) is 4.13. The molecule has 0 spiro atoms. The summed E-state index contributed by atoms with van der Waals surface area (Å²) >= 11 is 6.67. The minimum atomic E-state index is -2.25. The Morgan fingerprint density at radius 2 is 1.87 bits per heavy atom. The predicted octanol–water partition coefficient (Wildman–Crippen LogP) is 2.18. The molecule has 1 heterocycles. The second-order valence-corrected chi connectivity index (χ2v) is 9.31. The Labute approximate surface area is 97.9 Å². The van der Waals surface area contributed by atoms with Gasteiger partial charge in [-0.15, -0.1) is 0 Å². The summed E-state index contributed by atoms with van der Waals surface area (Å²) in [4.78, 5) is 11.9. The molecule has 84 valence electrons. The zero-order valence-electron chi connectivity index (χ0n) is 8.65. The first-order chi connectivity index (χ1) is 7.11. The van der Waals surface area contributed by atoms with E-state index < -0.39 is 5.69 Å². The van der Waals surface area contributed by atoms with E-state index in [-0.39, 0.29) is 5.25 Å². The lowest BCUT2D eigenvalue weighted by Gasteiger charge is -2.19. The highest BCUT2D eigenvalue weighted by molar-refractivity contribution is 8.67. The zero-order valence-corrected chi connectivity index (χ0v) is 11.2. The van der Waals surface area contributed by atoms with Crippen molar-refractivity contribution in [3.63, 3.8) is 0 Å². The molecule has 0 radical (unpaired) electrons. The van der Waals surface area contributed by atoms with Crippen LogP contribution in [0, 0.1) is 0 Å². The molecule has 1 aromatic heterocycles. The van der Waals surface area contributed by atoms with Gasteiger partial charge in [-0.1, -0.05) is 11.4 Å². The third-order valence-corrected chi connectivity index (χ3v) is 7.58. The Kier molecular flexibility index (Phi) is 5.08. The molecule has 8 heteroatoms. The predicted molar refractivity (Wildman–Crippen MR) is 64.1 cm³/mol. The van der Waals surface area contributed by atoms with E-state index in [0.29, 0.717) is 5.82 Å². The van der Waals surface area contributed by atoms with Crippen LogP contribution in [-0.2, 0) is 20.9 Å². The van der Waals surface area contributed by atoms with Gasteiger partial charge >= 0.3 is 0 Å². The molecule has 1 unspecified atom stereocenters. The van der Waals surface area contributed by atoms with Gasteiger partial charge in [0.15, 0.2) is 0 Å². The first kappa shape index (κ1) is 13.0. The van der Waals surface area contributed by atoms with Crippen molar-refractivity contribution in [2.24, 2.45) is 0 Å². The molecule has 0 N–H and O–H groups in total. The van der Waals surface area contributed by atoms with Gasteiger partial charge in [0.05, 0.1) is 5.25 Å². The van der Waals surface area contributed by atoms with E-state index >= 15 is 0 Å². The third kappa shape index (κ3) is 3.77. The fourth-order valence-electron chi connectivity index (χ4n) is 0.859. The van der Waals surface area contributed by atoms with Crippen LogP contribution in [0.2, 0.25) is 0 Å². The zero-order chi connectivity index (χ0) is 11.3. The largest absolute Gasteiger partial charge is 0.325 e. The average Bonchev–Trinajstić information content (AvgIpc) is 2.30. The summed E-state index contributed by atoms with van der Waals surface area (Å²) in [6.45, 7) is 1.96. The molecule has 1 aromatic rings. The molecule has 1 rings (SSSR count). The lowest BCUT2D eigenvalue weighted by Crippen LogP contribution is -1.98. The Morgan fingerprint density at radius 3 is 2.33 bits per heavy atom. The minimum Gasteiger partial charge on any atom is -0.325 e. The molecule has 0 aliphatic carbocycles. The van der Waals surface area contributed by atoms with Crippen molar-refractivity contribution < 1.29 is 9.05 Å². The van der Waals surface area contributed by atoms with Gasteiger partial charge in [-0.3, -0.25) is 0 Å². The SMILES string of the molecule is COP(=S)(OC)SC(C)c1ncncn1. The molecular weight excluding hydrogens is 253 g/mol. The average molecular weight is 265 g/mol. The number of nitrogens with zero attached hydrogens (tertiary/aromatic N) is 3. The Hall–Kier alpha value is -0.0700.